The van der Waals surface area contributed by atoms with Crippen molar-refractivity contribution in [1.29, 1.82) is 0 Å². The van der Waals surface area contributed by atoms with E-state index in [0.29, 0.717) is 0 Å². The SMILES string of the molecule is Clc1cccc(NC([C]2[CH][CH][CH][CH]2)c2ccccc2)c1. The van der Waals surface area contributed by atoms with Crippen LogP contribution in [0.5, 0.6) is 0 Å². The fourth-order valence-electron chi connectivity index (χ4n) is 2.33. The minimum atomic E-state index is 0.129. The molecule has 2 heteroatoms. The summed E-state index contributed by atoms with van der Waals surface area (Å²) in [5.41, 5.74) is 2.26. The molecule has 1 fully saturated rings. The van der Waals surface area contributed by atoms with Gasteiger partial charge in [-0.05, 0) is 49.4 Å². The molecule has 1 saturated carbocycles. The van der Waals surface area contributed by atoms with Gasteiger partial charge in [-0.1, -0.05) is 48.0 Å². The van der Waals surface area contributed by atoms with Gasteiger partial charge in [-0.25, -0.2) is 0 Å². The lowest BCUT2D eigenvalue weighted by Crippen LogP contribution is -2.18. The summed E-state index contributed by atoms with van der Waals surface area (Å²) in [5, 5.41) is 4.29. The van der Waals surface area contributed by atoms with Gasteiger partial charge in [-0.15, -0.1) is 0 Å². The van der Waals surface area contributed by atoms with Crippen LogP contribution < -0.4 is 5.32 Å². The van der Waals surface area contributed by atoms with Crippen molar-refractivity contribution in [2.75, 3.05) is 5.32 Å². The van der Waals surface area contributed by atoms with Crippen LogP contribution in [0.15, 0.2) is 54.6 Å². The van der Waals surface area contributed by atoms with Gasteiger partial charge in [0.25, 0.3) is 0 Å². The summed E-state index contributed by atoms with van der Waals surface area (Å²) in [6.45, 7) is 0. The maximum Gasteiger partial charge on any atom is 0.0582 e. The molecule has 1 atom stereocenters. The maximum atomic E-state index is 6.06. The Morgan fingerprint density at radius 2 is 1.60 bits per heavy atom. The first-order valence-corrected chi connectivity index (χ1v) is 6.99. The third-order valence-electron chi connectivity index (χ3n) is 3.29. The van der Waals surface area contributed by atoms with Crippen molar-refractivity contribution in [3.05, 3.63) is 96.8 Å². The van der Waals surface area contributed by atoms with Crippen molar-refractivity contribution >= 4 is 17.3 Å². The average molecular weight is 281 g/mol. The van der Waals surface area contributed by atoms with Crippen molar-refractivity contribution in [3.8, 4) is 0 Å². The quantitative estimate of drug-likeness (QED) is 0.840. The van der Waals surface area contributed by atoms with Gasteiger partial charge in [0.2, 0.25) is 0 Å². The molecule has 20 heavy (non-hydrogen) atoms. The second-order valence-electron chi connectivity index (χ2n) is 4.72. The first kappa shape index (κ1) is 13.5. The number of nitrogens with one attached hydrogen (secondary N) is 1. The van der Waals surface area contributed by atoms with E-state index in [-0.39, 0.29) is 6.04 Å². The molecule has 1 aliphatic rings. The Hall–Kier alpha value is -1.47. The zero-order valence-electron chi connectivity index (χ0n) is 11.0. The molecule has 0 amide bonds. The van der Waals surface area contributed by atoms with Crippen molar-refractivity contribution in [2.45, 2.75) is 6.04 Å². The summed E-state index contributed by atoms with van der Waals surface area (Å²) >= 11 is 6.06. The summed E-state index contributed by atoms with van der Waals surface area (Å²) in [6.07, 6.45) is 8.39. The molecule has 0 heterocycles. The Kier molecular flexibility index (Phi) is 4.27. The molecule has 1 aliphatic carbocycles. The Morgan fingerprint density at radius 3 is 2.30 bits per heavy atom. The van der Waals surface area contributed by atoms with Gasteiger partial charge >= 0.3 is 0 Å². The number of hydrogen-bond acceptors (Lipinski definition) is 1. The molecule has 2 aromatic carbocycles. The minimum absolute atomic E-state index is 0.129. The fraction of sp³-hybridized carbons (Fsp3) is 0.0556. The molecule has 99 valence electrons. The monoisotopic (exact) mass is 280 g/mol. The molecule has 0 aliphatic heterocycles. The third kappa shape index (κ3) is 3.16. The van der Waals surface area contributed by atoms with Crippen molar-refractivity contribution < 1.29 is 0 Å². The van der Waals surface area contributed by atoms with Crippen molar-refractivity contribution in [2.24, 2.45) is 0 Å². The Morgan fingerprint density at radius 1 is 0.850 bits per heavy atom. The highest BCUT2D eigenvalue weighted by molar-refractivity contribution is 6.30. The molecule has 0 spiro atoms. The molecule has 0 bridgehead atoms. The van der Waals surface area contributed by atoms with Crippen LogP contribution in [0.2, 0.25) is 5.02 Å². The van der Waals surface area contributed by atoms with E-state index in [2.05, 4.69) is 55.3 Å². The summed E-state index contributed by atoms with van der Waals surface area (Å²) in [7, 11) is 0. The van der Waals surface area contributed by atoms with Crippen LogP contribution in [0.25, 0.3) is 0 Å². The van der Waals surface area contributed by atoms with E-state index in [1.807, 2.05) is 30.3 Å². The van der Waals surface area contributed by atoms with E-state index >= 15 is 0 Å². The molecule has 0 saturated heterocycles. The van der Waals surface area contributed by atoms with E-state index in [1.165, 1.54) is 11.5 Å². The van der Waals surface area contributed by atoms with Crippen molar-refractivity contribution in [3.63, 3.8) is 0 Å². The Labute approximate surface area is 126 Å². The molecule has 3 rings (SSSR count). The number of halogens is 1. The molecule has 5 radical (unpaired) electrons. The topological polar surface area (TPSA) is 12.0 Å². The zero-order valence-corrected chi connectivity index (χ0v) is 11.7. The van der Waals surface area contributed by atoms with Crippen LogP contribution in [0.1, 0.15) is 11.6 Å². The molecule has 0 aromatic heterocycles. The van der Waals surface area contributed by atoms with Crippen LogP contribution in [0.3, 0.4) is 0 Å². The van der Waals surface area contributed by atoms with Gasteiger partial charge in [0.15, 0.2) is 0 Å². The lowest BCUT2D eigenvalue weighted by Gasteiger charge is -2.25. The lowest BCUT2D eigenvalue weighted by molar-refractivity contribution is 0.843. The number of benzene rings is 2. The second-order valence-corrected chi connectivity index (χ2v) is 5.15. The number of anilines is 1. The summed E-state index contributed by atoms with van der Waals surface area (Å²) in [5.74, 6) is 1.25. The van der Waals surface area contributed by atoms with Crippen molar-refractivity contribution in [1.82, 2.24) is 0 Å². The van der Waals surface area contributed by atoms with Crippen LogP contribution in [0, 0.1) is 31.6 Å². The predicted octanol–water partition coefficient (Wildman–Crippen LogP) is 4.90. The standard InChI is InChI=1S/C18H15ClN/c19-16-11-6-12-17(13-16)20-18(15-9-4-5-10-15)14-7-2-1-3-8-14/h1-13,18,20H. The van der Waals surface area contributed by atoms with Gasteiger partial charge in [0.05, 0.1) is 6.04 Å². The smallest absolute Gasteiger partial charge is 0.0582 e. The first-order valence-electron chi connectivity index (χ1n) is 6.61. The highest BCUT2D eigenvalue weighted by Gasteiger charge is 2.27. The van der Waals surface area contributed by atoms with Crippen LogP contribution in [-0.4, -0.2) is 0 Å². The maximum absolute atomic E-state index is 6.06. The summed E-state index contributed by atoms with van der Waals surface area (Å²) in [6, 6.07) is 18.4. The van der Waals surface area contributed by atoms with E-state index in [0.717, 1.165) is 10.7 Å². The normalized spacial score (nSPS) is 17.1. The van der Waals surface area contributed by atoms with Crippen LogP contribution in [0.4, 0.5) is 5.69 Å². The van der Waals surface area contributed by atoms with Crippen LogP contribution in [-0.2, 0) is 0 Å². The van der Waals surface area contributed by atoms with E-state index in [4.69, 9.17) is 11.6 Å². The fourth-order valence-corrected chi connectivity index (χ4v) is 2.52. The van der Waals surface area contributed by atoms with E-state index < -0.39 is 0 Å². The van der Waals surface area contributed by atoms with Gasteiger partial charge in [-0.3, -0.25) is 0 Å². The van der Waals surface area contributed by atoms with Gasteiger partial charge in [0.1, 0.15) is 0 Å². The third-order valence-corrected chi connectivity index (χ3v) is 3.53. The largest absolute Gasteiger partial charge is 0.378 e. The molecular formula is C18H15ClN. The van der Waals surface area contributed by atoms with Crippen LogP contribution >= 0.6 is 11.6 Å². The molecule has 1 N–H and O–H groups in total. The van der Waals surface area contributed by atoms with E-state index in [9.17, 15) is 0 Å². The van der Waals surface area contributed by atoms with Gasteiger partial charge < -0.3 is 5.32 Å². The van der Waals surface area contributed by atoms with Gasteiger partial charge in [-0.2, -0.15) is 0 Å². The number of rotatable bonds is 4. The Balaban J connectivity index is 1.85. The molecular weight excluding hydrogens is 266 g/mol. The highest BCUT2D eigenvalue weighted by atomic mass is 35.5. The predicted molar refractivity (Wildman–Crippen MR) is 84.7 cm³/mol. The Bertz CT molecular complexity index is 546. The average Bonchev–Trinajstić information content (AvgIpc) is 3.00. The minimum Gasteiger partial charge on any atom is -0.378 e. The molecule has 1 nitrogen and oxygen atoms in total. The summed E-state index contributed by atoms with van der Waals surface area (Å²) in [4.78, 5) is 0. The van der Waals surface area contributed by atoms with Gasteiger partial charge in [0, 0.05) is 16.6 Å². The first-order chi connectivity index (χ1) is 9.83. The zero-order chi connectivity index (χ0) is 13.8. The highest BCUT2D eigenvalue weighted by Crippen LogP contribution is 2.37. The van der Waals surface area contributed by atoms with E-state index in [1.54, 1.807) is 0 Å². The lowest BCUT2D eigenvalue weighted by atomic mass is 9.91. The molecule has 2 aromatic rings. The number of hydrogen-bond donors (Lipinski definition) is 1. The summed E-state index contributed by atoms with van der Waals surface area (Å²) < 4.78 is 0. The second kappa shape index (κ2) is 6.32. The molecule has 1 unspecified atom stereocenters.